The van der Waals surface area contributed by atoms with E-state index in [9.17, 15) is 9.59 Å². The second-order valence-electron chi connectivity index (χ2n) is 6.49. The Bertz CT molecular complexity index is 770. The third-order valence-corrected chi connectivity index (χ3v) is 4.55. The van der Waals surface area contributed by atoms with Gasteiger partial charge in [0, 0.05) is 38.1 Å². The minimum atomic E-state index is -0.219. The van der Waals surface area contributed by atoms with Crippen LogP contribution in [0.4, 0.5) is 0 Å². The number of nitrogens with one attached hydrogen (secondary N) is 1. The van der Waals surface area contributed by atoms with E-state index in [-0.39, 0.29) is 17.9 Å². The lowest BCUT2D eigenvalue weighted by Gasteiger charge is -2.20. The molecule has 1 saturated heterocycles. The molecule has 138 valence electrons. The average molecular weight is 356 g/mol. The Kier molecular flexibility index (Phi) is 5.60. The second-order valence-corrected chi connectivity index (χ2v) is 6.49. The first-order valence-corrected chi connectivity index (χ1v) is 8.99. The maximum atomic E-state index is 12.6. The van der Waals surface area contributed by atoms with Gasteiger partial charge in [0.1, 0.15) is 11.4 Å². The summed E-state index contributed by atoms with van der Waals surface area (Å²) in [7, 11) is 0. The van der Waals surface area contributed by atoms with Crippen molar-refractivity contribution >= 4 is 11.8 Å². The summed E-state index contributed by atoms with van der Waals surface area (Å²) in [4.78, 5) is 34.9. The summed E-state index contributed by atoms with van der Waals surface area (Å²) in [5, 5.41) is 7.30. The quantitative estimate of drug-likeness (QED) is 0.894. The summed E-state index contributed by atoms with van der Waals surface area (Å²) in [6.45, 7) is 5.83. The number of aryl methyl sites for hydroxylation is 2. The van der Waals surface area contributed by atoms with E-state index >= 15 is 0 Å². The van der Waals surface area contributed by atoms with E-state index in [0.29, 0.717) is 30.9 Å². The van der Waals surface area contributed by atoms with Crippen LogP contribution in [0.15, 0.2) is 24.7 Å². The topological polar surface area (TPSA) is 93.0 Å². The molecule has 0 aromatic carbocycles. The normalized spacial score (nSPS) is 17.6. The number of carbonyl (C=O) groups is 2. The standard InChI is InChI=1S/C18H24N6O2/c1-3-24-10-7-15(22-24)18(26)23-8-4-5-14(6-9-23)21-17(25)16-12-19-13(2)11-20-16/h7,10-12,14H,3-6,8-9H2,1-2H3,(H,21,25)/t14-/m1/s1. The van der Waals surface area contributed by atoms with E-state index in [0.717, 1.165) is 25.1 Å². The molecule has 1 atom stereocenters. The monoisotopic (exact) mass is 356 g/mol. The predicted molar refractivity (Wildman–Crippen MR) is 95.7 cm³/mol. The molecule has 3 rings (SSSR count). The Morgan fingerprint density at radius 2 is 2.04 bits per heavy atom. The average Bonchev–Trinajstić information content (AvgIpc) is 3.01. The number of likely N-dealkylation sites (tertiary alicyclic amines) is 1. The fourth-order valence-corrected chi connectivity index (χ4v) is 3.03. The van der Waals surface area contributed by atoms with Crippen molar-refractivity contribution in [2.45, 2.75) is 45.7 Å². The summed E-state index contributed by atoms with van der Waals surface area (Å²) in [5.74, 6) is -0.266. The van der Waals surface area contributed by atoms with E-state index in [1.165, 1.54) is 6.20 Å². The lowest BCUT2D eigenvalue weighted by Crippen LogP contribution is -2.37. The van der Waals surface area contributed by atoms with Crippen LogP contribution in [0.5, 0.6) is 0 Å². The lowest BCUT2D eigenvalue weighted by molar-refractivity contribution is 0.0754. The summed E-state index contributed by atoms with van der Waals surface area (Å²) in [5.41, 5.74) is 1.57. The van der Waals surface area contributed by atoms with Gasteiger partial charge in [0.15, 0.2) is 0 Å². The molecule has 0 radical (unpaired) electrons. The third-order valence-electron chi connectivity index (χ3n) is 4.55. The van der Waals surface area contributed by atoms with Crippen LogP contribution in [-0.2, 0) is 6.54 Å². The van der Waals surface area contributed by atoms with E-state index in [1.54, 1.807) is 16.9 Å². The zero-order chi connectivity index (χ0) is 18.5. The Morgan fingerprint density at radius 1 is 1.19 bits per heavy atom. The number of hydrogen-bond donors (Lipinski definition) is 1. The van der Waals surface area contributed by atoms with E-state index in [4.69, 9.17) is 0 Å². The first kappa shape index (κ1) is 18.0. The lowest BCUT2D eigenvalue weighted by atomic mass is 10.1. The van der Waals surface area contributed by atoms with Gasteiger partial charge in [0.2, 0.25) is 0 Å². The molecule has 2 amide bonds. The summed E-state index contributed by atoms with van der Waals surface area (Å²) in [6, 6.07) is 1.78. The molecule has 0 bridgehead atoms. The summed E-state index contributed by atoms with van der Waals surface area (Å²) >= 11 is 0. The maximum Gasteiger partial charge on any atom is 0.274 e. The molecule has 26 heavy (non-hydrogen) atoms. The van der Waals surface area contributed by atoms with Crippen LogP contribution in [-0.4, -0.2) is 55.6 Å². The molecule has 0 spiro atoms. The minimum absolute atomic E-state index is 0.0246. The molecule has 2 aromatic rings. The van der Waals surface area contributed by atoms with Crippen molar-refractivity contribution < 1.29 is 9.59 Å². The Labute approximate surface area is 152 Å². The summed E-state index contributed by atoms with van der Waals surface area (Å²) < 4.78 is 1.75. The number of hydrogen-bond acceptors (Lipinski definition) is 5. The molecule has 1 fully saturated rings. The van der Waals surface area contributed by atoms with Crippen molar-refractivity contribution in [3.05, 3.63) is 41.7 Å². The first-order chi connectivity index (χ1) is 12.6. The van der Waals surface area contributed by atoms with E-state index in [1.807, 2.05) is 24.9 Å². The molecule has 0 unspecified atom stereocenters. The fourth-order valence-electron chi connectivity index (χ4n) is 3.03. The number of carbonyl (C=O) groups excluding carboxylic acids is 2. The van der Waals surface area contributed by atoms with Gasteiger partial charge in [-0.05, 0) is 39.2 Å². The van der Waals surface area contributed by atoms with Crippen LogP contribution < -0.4 is 5.32 Å². The number of aromatic nitrogens is 4. The van der Waals surface area contributed by atoms with Crippen molar-refractivity contribution in [3.63, 3.8) is 0 Å². The van der Waals surface area contributed by atoms with Crippen molar-refractivity contribution in [2.24, 2.45) is 0 Å². The number of amides is 2. The molecule has 2 aromatic heterocycles. The molecule has 8 nitrogen and oxygen atoms in total. The Morgan fingerprint density at radius 3 is 2.73 bits per heavy atom. The third kappa shape index (κ3) is 4.25. The molecule has 1 aliphatic heterocycles. The van der Waals surface area contributed by atoms with Gasteiger partial charge in [-0.3, -0.25) is 19.3 Å². The Hall–Kier alpha value is -2.77. The van der Waals surface area contributed by atoms with Crippen LogP contribution in [0.3, 0.4) is 0 Å². The molecule has 8 heteroatoms. The number of rotatable bonds is 4. The van der Waals surface area contributed by atoms with E-state index < -0.39 is 0 Å². The van der Waals surface area contributed by atoms with Gasteiger partial charge in [-0.25, -0.2) is 4.98 Å². The molecule has 3 heterocycles. The molecular formula is C18H24N6O2. The van der Waals surface area contributed by atoms with Gasteiger partial charge in [0.25, 0.3) is 11.8 Å². The summed E-state index contributed by atoms with van der Waals surface area (Å²) in [6.07, 6.45) is 7.27. The van der Waals surface area contributed by atoms with Gasteiger partial charge in [0.05, 0.1) is 11.9 Å². The van der Waals surface area contributed by atoms with Crippen molar-refractivity contribution in [3.8, 4) is 0 Å². The first-order valence-electron chi connectivity index (χ1n) is 8.99. The van der Waals surface area contributed by atoms with Crippen LogP contribution in [0.25, 0.3) is 0 Å². The number of nitrogens with zero attached hydrogens (tertiary/aromatic N) is 5. The highest BCUT2D eigenvalue weighted by molar-refractivity contribution is 5.92. The molecule has 0 aliphatic carbocycles. The van der Waals surface area contributed by atoms with Crippen molar-refractivity contribution in [1.82, 2.24) is 30.0 Å². The predicted octanol–water partition coefficient (Wildman–Crippen LogP) is 1.43. The van der Waals surface area contributed by atoms with E-state index in [2.05, 4.69) is 20.4 Å². The highest BCUT2D eigenvalue weighted by Gasteiger charge is 2.24. The molecule has 1 aliphatic rings. The second kappa shape index (κ2) is 8.07. The largest absolute Gasteiger partial charge is 0.348 e. The highest BCUT2D eigenvalue weighted by atomic mass is 16.2. The zero-order valence-corrected chi connectivity index (χ0v) is 15.2. The molecule has 0 saturated carbocycles. The van der Waals surface area contributed by atoms with Gasteiger partial charge >= 0.3 is 0 Å². The van der Waals surface area contributed by atoms with Gasteiger partial charge in [-0.15, -0.1) is 0 Å². The molecule has 1 N–H and O–H groups in total. The smallest absolute Gasteiger partial charge is 0.274 e. The fraction of sp³-hybridized carbons (Fsp3) is 0.500. The Balaban J connectivity index is 1.56. The minimum Gasteiger partial charge on any atom is -0.348 e. The van der Waals surface area contributed by atoms with Gasteiger partial charge in [-0.1, -0.05) is 0 Å². The van der Waals surface area contributed by atoms with Crippen LogP contribution in [0.2, 0.25) is 0 Å². The van der Waals surface area contributed by atoms with Crippen molar-refractivity contribution in [2.75, 3.05) is 13.1 Å². The van der Waals surface area contributed by atoms with Crippen molar-refractivity contribution in [1.29, 1.82) is 0 Å². The SMILES string of the molecule is CCn1ccc(C(=O)N2CCC[C@@H](NC(=O)c3cnc(C)cn3)CC2)n1. The van der Waals surface area contributed by atoms with Crippen LogP contribution in [0.1, 0.15) is 52.9 Å². The van der Waals surface area contributed by atoms with Gasteiger partial charge < -0.3 is 10.2 Å². The molecular weight excluding hydrogens is 332 g/mol. The van der Waals surface area contributed by atoms with Gasteiger partial charge in [-0.2, -0.15) is 5.10 Å². The maximum absolute atomic E-state index is 12.6. The van der Waals surface area contributed by atoms with Crippen LogP contribution in [0, 0.1) is 6.92 Å². The zero-order valence-electron chi connectivity index (χ0n) is 15.2. The van der Waals surface area contributed by atoms with Crippen LogP contribution >= 0.6 is 0 Å². The highest BCUT2D eigenvalue weighted by Crippen LogP contribution is 2.14.